The van der Waals surface area contributed by atoms with Crippen molar-refractivity contribution < 1.29 is 22.7 Å². The van der Waals surface area contributed by atoms with Gasteiger partial charge in [0.1, 0.15) is 4.90 Å². The van der Waals surface area contributed by atoms with Crippen molar-refractivity contribution in [2.24, 2.45) is 0 Å². The lowest BCUT2D eigenvalue weighted by Crippen LogP contribution is -2.12. The van der Waals surface area contributed by atoms with Gasteiger partial charge in [0, 0.05) is 16.8 Å². The molecular formula is C11H7BrClNO5S. The van der Waals surface area contributed by atoms with Crippen LogP contribution in [0.15, 0.2) is 44.3 Å². The topological polar surface area (TPSA) is 96.6 Å². The maximum absolute atomic E-state index is 12.1. The second-order valence-corrected chi connectivity index (χ2v) is 6.47. The number of benzene rings is 1. The molecule has 0 bridgehead atoms. The minimum atomic E-state index is -3.97. The molecule has 0 fully saturated rings. The van der Waals surface area contributed by atoms with Crippen molar-refractivity contribution in [2.45, 2.75) is 4.90 Å². The third kappa shape index (κ3) is 3.14. The highest BCUT2D eigenvalue weighted by Crippen LogP contribution is 2.28. The summed E-state index contributed by atoms with van der Waals surface area (Å²) in [4.78, 5) is 10.4. The van der Waals surface area contributed by atoms with Gasteiger partial charge in [0.05, 0.1) is 0 Å². The van der Waals surface area contributed by atoms with Gasteiger partial charge in [-0.15, -0.1) is 0 Å². The van der Waals surface area contributed by atoms with Gasteiger partial charge in [0.25, 0.3) is 10.0 Å². The number of sulfonamides is 1. The Balaban J connectivity index is 2.35. The van der Waals surface area contributed by atoms with Crippen molar-refractivity contribution in [1.82, 2.24) is 0 Å². The van der Waals surface area contributed by atoms with Gasteiger partial charge in [-0.3, -0.25) is 4.72 Å². The van der Waals surface area contributed by atoms with Gasteiger partial charge in [0.2, 0.25) is 5.76 Å². The van der Waals surface area contributed by atoms with Gasteiger partial charge in [-0.1, -0.05) is 11.6 Å². The first-order chi connectivity index (χ1) is 9.29. The third-order valence-corrected chi connectivity index (χ3v) is 4.74. The summed E-state index contributed by atoms with van der Waals surface area (Å²) in [7, 11) is -3.97. The summed E-state index contributed by atoms with van der Waals surface area (Å²) in [6.07, 6.45) is 0. The summed E-state index contributed by atoms with van der Waals surface area (Å²) in [5.74, 6) is -1.84. The van der Waals surface area contributed by atoms with E-state index in [1.165, 1.54) is 24.3 Å². The Labute approximate surface area is 127 Å². The molecule has 0 aliphatic heterocycles. The number of carbonyl (C=O) groups is 1. The van der Waals surface area contributed by atoms with Crippen molar-refractivity contribution in [3.8, 4) is 0 Å². The molecule has 0 saturated heterocycles. The Morgan fingerprint density at radius 1 is 1.30 bits per heavy atom. The molecule has 0 amide bonds. The van der Waals surface area contributed by atoms with E-state index in [1.54, 1.807) is 0 Å². The van der Waals surface area contributed by atoms with Crippen LogP contribution in [0.2, 0.25) is 5.02 Å². The van der Waals surface area contributed by atoms with Crippen LogP contribution in [0.3, 0.4) is 0 Å². The lowest BCUT2D eigenvalue weighted by molar-refractivity contribution is 0.0661. The minimum absolute atomic E-state index is 0.184. The summed E-state index contributed by atoms with van der Waals surface area (Å²) >= 11 is 8.57. The highest BCUT2D eigenvalue weighted by Gasteiger charge is 2.24. The van der Waals surface area contributed by atoms with E-state index in [0.29, 0.717) is 10.7 Å². The molecular weight excluding hydrogens is 374 g/mol. The average molecular weight is 381 g/mol. The van der Waals surface area contributed by atoms with E-state index in [0.717, 1.165) is 6.07 Å². The Morgan fingerprint density at radius 2 is 1.90 bits per heavy atom. The molecule has 0 aliphatic rings. The predicted octanol–water partition coefficient (Wildman–Crippen LogP) is 3.19. The summed E-state index contributed by atoms with van der Waals surface area (Å²) in [6, 6.07) is 6.92. The van der Waals surface area contributed by atoms with Crippen LogP contribution in [0.5, 0.6) is 0 Å². The number of aromatic carboxylic acids is 1. The Bertz CT molecular complexity index is 754. The van der Waals surface area contributed by atoms with Crippen molar-refractivity contribution in [3.05, 3.63) is 45.8 Å². The zero-order chi connectivity index (χ0) is 14.9. The predicted molar refractivity (Wildman–Crippen MR) is 75.6 cm³/mol. The first-order valence-corrected chi connectivity index (χ1v) is 7.76. The highest BCUT2D eigenvalue weighted by molar-refractivity contribution is 9.10. The fourth-order valence-electron chi connectivity index (χ4n) is 1.37. The molecule has 106 valence electrons. The summed E-state index contributed by atoms with van der Waals surface area (Å²) in [5, 5.41) is 9.23. The van der Waals surface area contributed by atoms with E-state index in [4.69, 9.17) is 21.1 Å². The fraction of sp³-hybridized carbons (Fsp3) is 0. The number of furan rings is 1. The molecule has 2 aromatic rings. The molecule has 0 aliphatic carbocycles. The van der Waals surface area contributed by atoms with Gasteiger partial charge >= 0.3 is 5.97 Å². The number of halogens is 2. The largest absolute Gasteiger partial charge is 0.475 e. The first-order valence-electron chi connectivity index (χ1n) is 5.10. The zero-order valence-electron chi connectivity index (χ0n) is 9.63. The molecule has 1 heterocycles. The van der Waals surface area contributed by atoms with Crippen molar-refractivity contribution in [1.29, 1.82) is 0 Å². The molecule has 0 saturated carbocycles. The summed E-state index contributed by atoms with van der Waals surface area (Å²) < 4.78 is 31.1. The highest BCUT2D eigenvalue weighted by atomic mass is 79.9. The monoisotopic (exact) mass is 379 g/mol. The molecule has 2 rings (SSSR count). The van der Waals surface area contributed by atoms with Gasteiger partial charge in [-0.2, -0.15) is 0 Å². The fourth-order valence-corrected chi connectivity index (χ4v) is 3.49. The minimum Gasteiger partial charge on any atom is -0.475 e. The normalized spacial score (nSPS) is 11.3. The molecule has 0 spiro atoms. The number of nitrogens with one attached hydrogen (secondary N) is 1. The third-order valence-electron chi connectivity index (χ3n) is 2.25. The van der Waals surface area contributed by atoms with Crippen LogP contribution in [0.1, 0.15) is 10.6 Å². The van der Waals surface area contributed by atoms with Crippen molar-refractivity contribution in [3.63, 3.8) is 0 Å². The van der Waals surface area contributed by atoms with Crippen LogP contribution in [0, 0.1) is 0 Å². The molecule has 0 atom stereocenters. The summed E-state index contributed by atoms with van der Waals surface area (Å²) in [6.45, 7) is 0. The smallest absolute Gasteiger partial charge is 0.371 e. The van der Waals surface area contributed by atoms with Crippen LogP contribution in [0.4, 0.5) is 5.69 Å². The van der Waals surface area contributed by atoms with Crippen LogP contribution in [-0.2, 0) is 10.0 Å². The number of hydrogen-bond donors (Lipinski definition) is 2. The Kier molecular flexibility index (Phi) is 4.07. The van der Waals surface area contributed by atoms with Gasteiger partial charge in [-0.05, 0) is 40.2 Å². The maximum atomic E-state index is 12.1. The maximum Gasteiger partial charge on any atom is 0.371 e. The van der Waals surface area contributed by atoms with Crippen LogP contribution < -0.4 is 4.72 Å². The van der Waals surface area contributed by atoms with E-state index in [-0.39, 0.29) is 9.56 Å². The van der Waals surface area contributed by atoms with E-state index >= 15 is 0 Å². The lowest BCUT2D eigenvalue weighted by Gasteiger charge is -2.06. The lowest BCUT2D eigenvalue weighted by atomic mass is 10.3. The van der Waals surface area contributed by atoms with Gasteiger partial charge < -0.3 is 9.52 Å². The summed E-state index contributed by atoms with van der Waals surface area (Å²) in [5.41, 5.74) is 0.291. The van der Waals surface area contributed by atoms with Crippen LogP contribution in [-0.4, -0.2) is 19.5 Å². The SMILES string of the molecule is O=C(O)c1cc(S(=O)(=O)Nc2ccc(Cl)cc2)c(Br)o1. The molecule has 0 unspecified atom stereocenters. The molecule has 2 N–H and O–H groups in total. The van der Waals surface area contributed by atoms with E-state index in [9.17, 15) is 13.2 Å². The van der Waals surface area contributed by atoms with Crippen molar-refractivity contribution in [2.75, 3.05) is 4.72 Å². The molecule has 6 nitrogen and oxygen atoms in total. The zero-order valence-corrected chi connectivity index (χ0v) is 12.8. The number of rotatable bonds is 4. The van der Waals surface area contributed by atoms with E-state index in [2.05, 4.69) is 20.7 Å². The average Bonchev–Trinajstić information content (AvgIpc) is 2.75. The van der Waals surface area contributed by atoms with E-state index in [1.807, 2.05) is 0 Å². The number of carboxylic acids is 1. The molecule has 1 aromatic carbocycles. The molecule has 9 heteroatoms. The van der Waals surface area contributed by atoms with E-state index < -0.39 is 21.8 Å². The first kappa shape index (κ1) is 14.9. The van der Waals surface area contributed by atoms with Gasteiger partial charge in [-0.25, -0.2) is 13.2 Å². The second-order valence-electron chi connectivity index (χ2n) is 3.67. The number of carboxylic acid groups (broad SMARTS) is 1. The van der Waals surface area contributed by atoms with Crippen LogP contribution in [0.25, 0.3) is 0 Å². The molecule has 1 aromatic heterocycles. The van der Waals surface area contributed by atoms with Gasteiger partial charge in [0.15, 0.2) is 4.67 Å². The molecule has 20 heavy (non-hydrogen) atoms. The Morgan fingerprint density at radius 3 is 2.40 bits per heavy atom. The number of anilines is 1. The quantitative estimate of drug-likeness (QED) is 0.849. The Hall–Kier alpha value is -1.51. The number of hydrogen-bond acceptors (Lipinski definition) is 4. The molecule has 0 radical (unpaired) electrons. The van der Waals surface area contributed by atoms with Crippen molar-refractivity contribution >= 4 is 49.2 Å². The second kappa shape index (κ2) is 5.47. The van der Waals surface area contributed by atoms with Crippen LogP contribution >= 0.6 is 27.5 Å². The standard InChI is InChI=1S/C11H7BrClNO5S/c12-10-9(5-8(19-10)11(15)16)20(17,18)14-7-3-1-6(13)2-4-7/h1-5,14H,(H,15,16).